The van der Waals surface area contributed by atoms with Gasteiger partial charge in [0.15, 0.2) is 9.84 Å². The maximum Gasteiger partial charge on any atom is 0.321 e. The van der Waals surface area contributed by atoms with Crippen LogP contribution in [0, 0.1) is 0 Å². The van der Waals surface area contributed by atoms with Crippen molar-refractivity contribution < 1.29 is 13.2 Å². The van der Waals surface area contributed by atoms with E-state index >= 15 is 0 Å². The van der Waals surface area contributed by atoms with E-state index < -0.39 is 9.84 Å². The van der Waals surface area contributed by atoms with Gasteiger partial charge in [0.1, 0.15) is 0 Å². The van der Waals surface area contributed by atoms with Crippen LogP contribution in [0.4, 0.5) is 5.95 Å². The van der Waals surface area contributed by atoms with Gasteiger partial charge in [-0.25, -0.2) is 8.42 Å². The number of hydrogen-bond acceptors (Lipinski definition) is 8. The summed E-state index contributed by atoms with van der Waals surface area (Å²) in [7, 11) is -0.0194. The second-order valence-electron chi connectivity index (χ2n) is 4.02. The van der Waals surface area contributed by atoms with Crippen molar-refractivity contribution in [1.82, 2.24) is 15.0 Å². The predicted octanol–water partition coefficient (Wildman–Crippen LogP) is 1.48. The summed E-state index contributed by atoms with van der Waals surface area (Å²) in [6.07, 6.45) is 1.17. The Morgan fingerprint density at radius 1 is 1.14 bits per heavy atom. The molecule has 0 bridgehead atoms. The van der Waals surface area contributed by atoms with Crippen molar-refractivity contribution in [1.29, 1.82) is 0 Å². The minimum absolute atomic E-state index is 0.213. The zero-order valence-electron chi connectivity index (χ0n) is 11.7. The van der Waals surface area contributed by atoms with Gasteiger partial charge in [0, 0.05) is 18.2 Å². The molecule has 7 nitrogen and oxygen atoms in total. The monoisotopic (exact) mass is 326 g/mol. The Morgan fingerprint density at radius 2 is 1.81 bits per heavy atom. The summed E-state index contributed by atoms with van der Waals surface area (Å²) >= 11 is 1.29. The van der Waals surface area contributed by atoms with Crippen LogP contribution in [0.2, 0.25) is 0 Å². The lowest BCUT2D eigenvalue weighted by atomic mass is 10.4. The highest BCUT2D eigenvalue weighted by atomic mass is 32.2. The third kappa shape index (κ3) is 4.05. The molecule has 21 heavy (non-hydrogen) atoms. The van der Waals surface area contributed by atoms with Crippen molar-refractivity contribution >= 4 is 27.5 Å². The highest BCUT2D eigenvalue weighted by Gasteiger charge is 2.10. The Labute approximate surface area is 127 Å². The first-order valence-corrected chi connectivity index (χ1v) is 8.59. The van der Waals surface area contributed by atoms with Gasteiger partial charge in [-0.1, -0.05) is 0 Å². The van der Waals surface area contributed by atoms with E-state index in [-0.39, 0.29) is 10.9 Å². The minimum Gasteiger partial charge on any atom is -0.467 e. The lowest BCUT2D eigenvalue weighted by molar-refractivity contribution is 0.374. The molecule has 0 unspecified atom stereocenters. The van der Waals surface area contributed by atoms with Crippen molar-refractivity contribution in [3.8, 4) is 6.01 Å². The molecule has 1 aromatic heterocycles. The number of benzene rings is 1. The van der Waals surface area contributed by atoms with Crippen LogP contribution in [0.15, 0.2) is 39.2 Å². The first kappa shape index (κ1) is 15.5. The van der Waals surface area contributed by atoms with E-state index in [2.05, 4.69) is 20.3 Å². The molecule has 0 amide bonds. The number of aromatic nitrogens is 3. The third-order valence-electron chi connectivity index (χ3n) is 2.46. The molecular weight excluding hydrogens is 312 g/mol. The highest BCUT2D eigenvalue weighted by Crippen LogP contribution is 2.27. The standard InChI is InChI=1S/C12H14N4O3S2/c1-13-10-14-11(19-2)16-12(15-10)20-8-4-6-9(7-5-8)21(3,17)18/h4-7H,1-3H3,(H,13,14,15,16). The number of nitrogens with zero attached hydrogens (tertiary/aromatic N) is 3. The molecule has 9 heteroatoms. The van der Waals surface area contributed by atoms with Gasteiger partial charge in [-0.3, -0.25) is 0 Å². The summed E-state index contributed by atoms with van der Waals surface area (Å²) in [5.41, 5.74) is 0. The maximum atomic E-state index is 11.4. The molecule has 0 aliphatic heterocycles. The van der Waals surface area contributed by atoms with E-state index in [0.717, 1.165) is 4.90 Å². The van der Waals surface area contributed by atoms with Crippen molar-refractivity contribution in [3.63, 3.8) is 0 Å². The molecule has 0 fully saturated rings. The number of ether oxygens (including phenoxy) is 1. The Balaban J connectivity index is 2.25. The van der Waals surface area contributed by atoms with Gasteiger partial charge in [-0.2, -0.15) is 15.0 Å². The third-order valence-corrected chi connectivity index (χ3v) is 4.46. The predicted molar refractivity (Wildman–Crippen MR) is 79.6 cm³/mol. The van der Waals surface area contributed by atoms with Gasteiger partial charge < -0.3 is 10.1 Å². The average molecular weight is 326 g/mol. The van der Waals surface area contributed by atoms with E-state index in [4.69, 9.17) is 4.74 Å². The first-order valence-electron chi connectivity index (χ1n) is 5.88. The molecule has 0 atom stereocenters. The van der Waals surface area contributed by atoms with Crippen molar-refractivity contribution in [2.24, 2.45) is 0 Å². The summed E-state index contributed by atoms with van der Waals surface area (Å²) < 4.78 is 27.8. The van der Waals surface area contributed by atoms with Crippen LogP contribution in [0.5, 0.6) is 6.01 Å². The lowest BCUT2D eigenvalue weighted by Crippen LogP contribution is -2.02. The molecule has 112 valence electrons. The topological polar surface area (TPSA) is 94.1 Å². The fourth-order valence-electron chi connectivity index (χ4n) is 1.45. The van der Waals surface area contributed by atoms with E-state index in [1.54, 1.807) is 31.3 Å². The molecule has 2 rings (SSSR count). The van der Waals surface area contributed by atoms with Crippen LogP contribution in [-0.4, -0.2) is 43.8 Å². The molecule has 0 saturated heterocycles. The summed E-state index contributed by atoms with van der Waals surface area (Å²) in [5.74, 6) is 0.400. The average Bonchev–Trinajstić information content (AvgIpc) is 2.46. The zero-order chi connectivity index (χ0) is 15.5. The van der Waals surface area contributed by atoms with E-state index in [0.29, 0.717) is 11.1 Å². The zero-order valence-corrected chi connectivity index (χ0v) is 13.3. The normalized spacial score (nSPS) is 11.2. The lowest BCUT2D eigenvalue weighted by Gasteiger charge is -2.05. The Bertz CT molecular complexity index is 710. The second-order valence-corrected chi connectivity index (χ2v) is 7.08. The van der Waals surface area contributed by atoms with Gasteiger partial charge in [0.2, 0.25) is 11.1 Å². The molecule has 2 aromatic rings. The molecule has 0 aliphatic rings. The summed E-state index contributed by atoms with van der Waals surface area (Å²) in [6.45, 7) is 0. The fourth-order valence-corrected chi connectivity index (χ4v) is 2.82. The van der Waals surface area contributed by atoms with Crippen LogP contribution in [0.1, 0.15) is 0 Å². The van der Waals surface area contributed by atoms with Crippen LogP contribution < -0.4 is 10.1 Å². The minimum atomic E-state index is -3.19. The Hall–Kier alpha value is -1.87. The molecule has 0 radical (unpaired) electrons. The van der Waals surface area contributed by atoms with Gasteiger partial charge >= 0.3 is 6.01 Å². The number of anilines is 1. The SMILES string of the molecule is CNc1nc(OC)nc(Sc2ccc(S(C)(=O)=O)cc2)n1. The van der Waals surface area contributed by atoms with Crippen LogP contribution >= 0.6 is 11.8 Å². The summed E-state index contributed by atoms with van der Waals surface area (Å²) in [4.78, 5) is 13.4. The second kappa shape index (κ2) is 6.27. The van der Waals surface area contributed by atoms with Crippen molar-refractivity contribution in [2.45, 2.75) is 14.9 Å². The number of rotatable bonds is 5. The molecule has 0 aliphatic carbocycles. The number of hydrogen-bond donors (Lipinski definition) is 1. The van der Waals surface area contributed by atoms with E-state index in [1.807, 2.05) is 0 Å². The van der Waals surface area contributed by atoms with Crippen molar-refractivity contribution in [3.05, 3.63) is 24.3 Å². The number of nitrogens with one attached hydrogen (secondary N) is 1. The Morgan fingerprint density at radius 3 is 2.33 bits per heavy atom. The van der Waals surface area contributed by atoms with Gasteiger partial charge in [0.25, 0.3) is 0 Å². The highest BCUT2D eigenvalue weighted by molar-refractivity contribution is 7.99. The molecule has 1 N–H and O–H groups in total. The van der Waals surface area contributed by atoms with E-state index in [1.165, 1.54) is 25.1 Å². The smallest absolute Gasteiger partial charge is 0.321 e. The largest absolute Gasteiger partial charge is 0.467 e. The van der Waals surface area contributed by atoms with Gasteiger partial charge in [0.05, 0.1) is 12.0 Å². The summed E-state index contributed by atoms with van der Waals surface area (Å²) in [6, 6.07) is 6.72. The molecule has 0 spiro atoms. The molecule has 1 heterocycles. The first-order chi connectivity index (χ1) is 9.92. The molecule has 1 aromatic carbocycles. The molecule has 0 saturated carbocycles. The summed E-state index contributed by atoms with van der Waals surface area (Å²) in [5, 5.41) is 3.28. The van der Waals surface area contributed by atoms with Crippen LogP contribution in [0.25, 0.3) is 0 Å². The fraction of sp³-hybridized carbons (Fsp3) is 0.250. The van der Waals surface area contributed by atoms with Crippen LogP contribution in [-0.2, 0) is 9.84 Å². The number of methoxy groups -OCH3 is 1. The quantitative estimate of drug-likeness (QED) is 0.883. The van der Waals surface area contributed by atoms with Gasteiger partial charge in [-0.05, 0) is 36.0 Å². The molecular formula is C12H14N4O3S2. The van der Waals surface area contributed by atoms with Crippen molar-refractivity contribution in [2.75, 3.05) is 25.7 Å². The maximum absolute atomic E-state index is 11.4. The Kier molecular flexibility index (Phi) is 4.63. The van der Waals surface area contributed by atoms with E-state index in [9.17, 15) is 8.42 Å². The number of sulfone groups is 1. The van der Waals surface area contributed by atoms with Crippen LogP contribution in [0.3, 0.4) is 0 Å². The van der Waals surface area contributed by atoms with Gasteiger partial charge in [-0.15, -0.1) is 0 Å².